The third-order valence-corrected chi connectivity index (χ3v) is 6.91. The van der Waals surface area contributed by atoms with Crippen molar-refractivity contribution in [2.24, 2.45) is 11.3 Å². The Hall–Kier alpha value is -3.30. The number of nitrogens with one attached hydrogen (secondary N) is 2. The number of benzene rings is 1. The number of urea groups is 1. The molecule has 1 unspecified atom stereocenters. The highest BCUT2D eigenvalue weighted by molar-refractivity contribution is 6.09. The van der Waals surface area contributed by atoms with Crippen LogP contribution in [0.25, 0.3) is 0 Å². The first kappa shape index (κ1) is 23.8. The van der Waals surface area contributed by atoms with Crippen molar-refractivity contribution >= 4 is 29.5 Å². The lowest BCUT2D eigenvalue weighted by atomic mass is 9.67. The molecule has 2 heterocycles. The molecule has 0 radical (unpaired) electrons. The van der Waals surface area contributed by atoms with Gasteiger partial charge < -0.3 is 24.8 Å². The van der Waals surface area contributed by atoms with Gasteiger partial charge in [0.1, 0.15) is 12.1 Å². The van der Waals surface area contributed by atoms with Crippen LogP contribution in [0.3, 0.4) is 0 Å². The SMILES string of the molecule is CC(OC(=O)CN1C(=O)NC2(CCC(C(C)(C)C)CC2)C1=O)C(=O)Nc1ccc2c(c1)OCO2. The number of fused-ring (bicyclic) bond motifs is 1. The van der Waals surface area contributed by atoms with Gasteiger partial charge in [0.05, 0.1) is 0 Å². The predicted octanol–water partition coefficient (Wildman–Crippen LogP) is 2.81. The Morgan fingerprint density at radius 3 is 2.56 bits per heavy atom. The summed E-state index contributed by atoms with van der Waals surface area (Å²) in [6.45, 7) is 7.52. The monoisotopic (exact) mass is 473 g/mol. The summed E-state index contributed by atoms with van der Waals surface area (Å²) in [5.41, 5.74) is -0.366. The molecule has 1 aromatic carbocycles. The third kappa shape index (κ3) is 4.67. The molecule has 10 heteroatoms. The highest BCUT2D eigenvalue weighted by Crippen LogP contribution is 2.43. The van der Waals surface area contributed by atoms with Gasteiger partial charge >= 0.3 is 12.0 Å². The Labute approximate surface area is 198 Å². The second kappa shape index (κ2) is 8.81. The van der Waals surface area contributed by atoms with Gasteiger partial charge in [0, 0.05) is 11.8 Å². The first-order chi connectivity index (χ1) is 16.0. The lowest BCUT2D eigenvalue weighted by Crippen LogP contribution is -2.50. The Morgan fingerprint density at radius 2 is 1.88 bits per heavy atom. The number of carbonyl (C=O) groups excluding carboxylic acids is 4. The van der Waals surface area contributed by atoms with Crippen molar-refractivity contribution in [2.75, 3.05) is 18.7 Å². The fraction of sp³-hybridized carbons (Fsp3) is 0.583. The predicted molar refractivity (Wildman–Crippen MR) is 121 cm³/mol. The van der Waals surface area contributed by atoms with Crippen LogP contribution in [0.2, 0.25) is 0 Å². The van der Waals surface area contributed by atoms with Crippen LogP contribution in [0.4, 0.5) is 10.5 Å². The second-order valence-electron chi connectivity index (χ2n) is 10.2. The highest BCUT2D eigenvalue weighted by Gasteiger charge is 2.53. The van der Waals surface area contributed by atoms with Crippen molar-refractivity contribution in [3.05, 3.63) is 18.2 Å². The number of esters is 1. The molecule has 1 saturated heterocycles. The highest BCUT2D eigenvalue weighted by atomic mass is 16.7. The van der Waals surface area contributed by atoms with Crippen molar-refractivity contribution in [1.29, 1.82) is 0 Å². The number of anilines is 1. The van der Waals surface area contributed by atoms with Crippen molar-refractivity contribution in [1.82, 2.24) is 10.2 Å². The van der Waals surface area contributed by atoms with Crippen LogP contribution in [-0.4, -0.2) is 53.7 Å². The van der Waals surface area contributed by atoms with Crippen LogP contribution < -0.4 is 20.1 Å². The minimum Gasteiger partial charge on any atom is -0.454 e. The van der Waals surface area contributed by atoms with Crippen LogP contribution in [0.5, 0.6) is 11.5 Å². The number of amides is 4. The molecule has 1 aromatic rings. The molecule has 2 fully saturated rings. The molecular formula is C24H31N3O7. The summed E-state index contributed by atoms with van der Waals surface area (Å²) in [4.78, 5) is 51.4. The second-order valence-corrected chi connectivity index (χ2v) is 10.2. The van der Waals surface area contributed by atoms with Crippen LogP contribution in [0, 0.1) is 11.3 Å². The minimum atomic E-state index is -1.13. The average Bonchev–Trinajstić information content (AvgIpc) is 3.31. The third-order valence-electron chi connectivity index (χ3n) is 6.91. The summed E-state index contributed by atoms with van der Waals surface area (Å²) < 4.78 is 15.7. The largest absolute Gasteiger partial charge is 0.454 e. The molecule has 4 amide bonds. The lowest BCUT2D eigenvalue weighted by molar-refractivity contribution is -0.155. The van der Waals surface area contributed by atoms with E-state index >= 15 is 0 Å². The maximum absolute atomic E-state index is 13.1. The molecule has 1 saturated carbocycles. The van der Waals surface area contributed by atoms with Gasteiger partial charge in [-0.1, -0.05) is 20.8 Å². The molecule has 184 valence electrons. The van der Waals surface area contributed by atoms with E-state index in [1.165, 1.54) is 6.92 Å². The van der Waals surface area contributed by atoms with Crippen LogP contribution in [0.1, 0.15) is 53.4 Å². The zero-order chi connectivity index (χ0) is 24.7. The van der Waals surface area contributed by atoms with E-state index in [0.29, 0.717) is 35.9 Å². The molecule has 1 atom stereocenters. The maximum atomic E-state index is 13.1. The molecule has 1 aliphatic carbocycles. The molecule has 1 spiro atoms. The average molecular weight is 474 g/mol. The van der Waals surface area contributed by atoms with E-state index in [1.807, 2.05) is 0 Å². The lowest BCUT2D eigenvalue weighted by Gasteiger charge is -2.40. The Kier molecular flexibility index (Phi) is 6.18. The molecule has 3 aliphatic rings. The quantitative estimate of drug-likeness (QED) is 0.498. The molecular weight excluding hydrogens is 442 g/mol. The summed E-state index contributed by atoms with van der Waals surface area (Å²) in [7, 11) is 0. The summed E-state index contributed by atoms with van der Waals surface area (Å²) in [6, 6.07) is 4.31. The first-order valence-corrected chi connectivity index (χ1v) is 11.5. The number of hydrogen-bond acceptors (Lipinski definition) is 7. The summed E-state index contributed by atoms with van der Waals surface area (Å²) in [5.74, 6) is -0.244. The first-order valence-electron chi connectivity index (χ1n) is 11.5. The van der Waals surface area contributed by atoms with Crippen molar-refractivity contribution in [3.63, 3.8) is 0 Å². The normalized spacial score (nSPS) is 24.7. The number of hydrogen-bond donors (Lipinski definition) is 2. The number of rotatable bonds is 5. The number of ether oxygens (including phenoxy) is 3. The number of imide groups is 1. The molecule has 0 aromatic heterocycles. The van der Waals surface area contributed by atoms with Gasteiger partial charge in [-0.25, -0.2) is 4.79 Å². The van der Waals surface area contributed by atoms with Gasteiger partial charge in [-0.2, -0.15) is 0 Å². The topological polar surface area (TPSA) is 123 Å². The van der Waals surface area contributed by atoms with E-state index in [2.05, 4.69) is 31.4 Å². The molecule has 4 rings (SSSR count). The van der Waals surface area contributed by atoms with Crippen molar-refractivity contribution in [2.45, 2.75) is 65.0 Å². The Bertz CT molecular complexity index is 1010. The van der Waals surface area contributed by atoms with E-state index in [1.54, 1.807) is 18.2 Å². The fourth-order valence-corrected chi connectivity index (χ4v) is 4.77. The van der Waals surface area contributed by atoms with Gasteiger partial charge in [0.2, 0.25) is 6.79 Å². The van der Waals surface area contributed by atoms with Crippen molar-refractivity contribution in [3.8, 4) is 11.5 Å². The minimum absolute atomic E-state index is 0.113. The van der Waals surface area contributed by atoms with Gasteiger partial charge in [0.15, 0.2) is 17.6 Å². The van der Waals surface area contributed by atoms with Gasteiger partial charge in [-0.05, 0) is 56.1 Å². The molecule has 2 aliphatic heterocycles. The van der Waals surface area contributed by atoms with Crippen LogP contribution >= 0.6 is 0 Å². The van der Waals surface area contributed by atoms with E-state index in [9.17, 15) is 19.2 Å². The molecule has 10 nitrogen and oxygen atoms in total. The summed E-state index contributed by atoms with van der Waals surface area (Å²) >= 11 is 0. The van der Waals surface area contributed by atoms with Crippen molar-refractivity contribution < 1.29 is 33.4 Å². The summed E-state index contributed by atoms with van der Waals surface area (Å²) in [5, 5.41) is 5.44. The molecule has 34 heavy (non-hydrogen) atoms. The van der Waals surface area contributed by atoms with E-state index in [-0.39, 0.29) is 12.2 Å². The van der Waals surface area contributed by atoms with E-state index in [4.69, 9.17) is 14.2 Å². The van der Waals surface area contributed by atoms with Gasteiger partial charge in [-0.15, -0.1) is 0 Å². The zero-order valence-corrected chi connectivity index (χ0v) is 19.9. The van der Waals surface area contributed by atoms with Crippen LogP contribution in [0.15, 0.2) is 18.2 Å². The van der Waals surface area contributed by atoms with Gasteiger partial charge in [0.25, 0.3) is 11.8 Å². The Balaban J connectivity index is 1.30. The Morgan fingerprint density at radius 1 is 1.21 bits per heavy atom. The van der Waals surface area contributed by atoms with Gasteiger partial charge in [-0.3, -0.25) is 19.3 Å². The standard InChI is InChI=1S/C24H31N3O7/c1-14(20(29)25-16-5-6-17-18(11-16)33-13-32-17)34-19(28)12-27-21(30)24(26-22(27)31)9-7-15(8-10-24)23(2,3)4/h5-6,11,14-15H,7-10,12-13H2,1-4H3,(H,25,29)(H,26,31). The zero-order valence-electron chi connectivity index (χ0n) is 19.9. The maximum Gasteiger partial charge on any atom is 0.327 e. The molecule has 2 N–H and O–H groups in total. The van der Waals surface area contributed by atoms with E-state index in [0.717, 1.165) is 17.7 Å². The smallest absolute Gasteiger partial charge is 0.327 e. The van der Waals surface area contributed by atoms with E-state index < -0.39 is 42.0 Å². The number of nitrogens with zero attached hydrogens (tertiary/aromatic N) is 1. The fourth-order valence-electron chi connectivity index (χ4n) is 4.77. The van der Waals surface area contributed by atoms with Crippen LogP contribution in [-0.2, 0) is 19.1 Å². The number of carbonyl (C=O) groups is 4. The molecule has 0 bridgehead atoms. The summed E-state index contributed by atoms with van der Waals surface area (Å²) in [6.07, 6.45) is 1.60.